The summed E-state index contributed by atoms with van der Waals surface area (Å²) >= 11 is 1.47. The fourth-order valence-electron chi connectivity index (χ4n) is 1.84. The first-order chi connectivity index (χ1) is 12.3. The van der Waals surface area contributed by atoms with Crippen molar-refractivity contribution in [1.82, 2.24) is 5.32 Å². The topological polar surface area (TPSA) is 64.6 Å². The predicted octanol–water partition coefficient (Wildman–Crippen LogP) is 3.52. The van der Waals surface area contributed by atoms with Crippen LogP contribution in [-0.2, 0) is 20.9 Å². The molecule has 26 heavy (non-hydrogen) atoms. The maximum absolute atomic E-state index is 12.3. The van der Waals surface area contributed by atoms with Crippen LogP contribution in [0.2, 0.25) is 0 Å². The molecule has 0 spiro atoms. The van der Waals surface area contributed by atoms with Crippen molar-refractivity contribution in [3.63, 3.8) is 0 Å². The summed E-state index contributed by atoms with van der Waals surface area (Å²) in [6.45, 7) is -0.748. The third kappa shape index (κ3) is 6.98. The second-order valence-corrected chi connectivity index (χ2v) is 5.71. The summed E-state index contributed by atoms with van der Waals surface area (Å²) in [7, 11) is 0. The summed E-state index contributed by atoms with van der Waals surface area (Å²) in [4.78, 5) is 23.2. The largest absolute Gasteiger partial charge is 0.573 e. The van der Waals surface area contributed by atoms with Crippen LogP contribution >= 0.6 is 11.3 Å². The Bertz CT molecular complexity index is 773. The van der Waals surface area contributed by atoms with Gasteiger partial charge in [-0.15, -0.1) is 13.2 Å². The Labute approximate surface area is 151 Å². The van der Waals surface area contributed by atoms with Crippen molar-refractivity contribution >= 4 is 29.3 Å². The van der Waals surface area contributed by atoms with E-state index in [1.807, 2.05) is 16.8 Å². The molecular weight excluding hydrogens is 371 g/mol. The number of benzene rings is 1. The molecule has 1 amide bonds. The van der Waals surface area contributed by atoms with Gasteiger partial charge in [-0.3, -0.25) is 4.79 Å². The molecule has 138 valence electrons. The van der Waals surface area contributed by atoms with E-state index < -0.39 is 30.6 Å². The number of esters is 1. The van der Waals surface area contributed by atoms with Gasteiger partial charge in [0.2, 0.25) is 0 Å². The first kappa shape index (κ1) is 19.5. The number of hydrogen-bond acceptors (Lipinski definition) is 5. The van der Waals surface area contributed by atoms with Crippen molar-refractivity contribution in [3.8, 4) is 5.75 Å². The summed E-state index contributed by atoms with van der Waals surface area (Å²) in [6, 6.07) is 7.23. The van der Waals surface area contributed by atoms with Crippen LogP contribution in [0.3, 0.4) is 0 Å². The van der Waals surface area contributed by atoms with E-state index in [9.17, 15) is 22.8 Å². The molecule has 1 aromatic heterocycles. The molecule has 0 aliphatic rings. The van der Waals surface area contributed by atoms with E-state index in [0.717, 1.165) is 11.6 Å². The molecule has 1 heterocycles. The van der Waals surface area contributed by atoms with Crippen molar-refractivity contribution in [3.05, 3.63) is 58.3 Å². The number of thiophene rings is 1. The van der Waals surface area contributed by atoms with Crippen molar-refractivity contribution in [2.75, 3.05) is 6.61 Å². The molecule has 0 saturated heterocycles. The number of halogens is 3. The van der Waals surface area contributed by atoms with Crippen molar-refractivity contribution in [2.45, 2.75) is 12.9 Å². The smallest absolute Gasteiger partial charge is 0.452 e. The molecule has 0 unspecified atom stereocenters. The van der Waals surface area contributed by atoms with Crippen LogP contribution in [0, 0.1) is 0 Å². The number of ether oxygens (including phenoxy) is 2. The van der Waals surface area contributed by atoms with E-state index in [1.54, 1.807) is 6.08 Å². The Hall–Kier alpha value is -2.81. The van der Waals surface area contributed by atoms with Gasteiger partial charge in [-0.1, -0.05) is 18.2 Å². The standard InChI is InChI=1S/C17H14F3NO4S/c18-17(19,20)25-14-4-2-1-3-13(14)9-21-15(22)10-24-16(23)6-5-12-7-8-26-11-12/h1-8,11H,9-10H2,(H,21,22)/b6-5+. The lowest BCUT2D eigenvalue weighted by Gasteiger charge is -2.13. The lowest BCUT2D eigenvalue weighted by molar-refractivity contribution is -0.274. The highest BCUT2D eigenvalue weighted by Gasteiger charge is 2.31. The number of para-hydroxylation sites is 1. The molecule has 1 N–H and O–H groups in total. The monoisotopic (exact) mass is 385 g/mol. The van der Waals surface area contributed by atoms with Crippen LogP contribution < -0.4 is 10.1 Å². The molecule has 5 nitrogen and oxygen atoms in total. The SMILES string of the molecule is O=C(COC(=O)/C=C/c1ccsc1)NCc1ccccc1OC(F)(F)F. The maximum atomic E-state index is 12.3. The molecule has 0 fully saturated rings. The Morgan fingerprint density at radius 3 is 2.65 bits per heavy atom. The van der Waals surface area contributed by atoms with Crippen LogP contribution in [0.5, 0.6) is 5.75 Å². The predicted molar refractivity (Wildman–Crippen MR) is 89.3 cm³/mol. The molecule has 2 aromatic rings. The van der Waals surface area contributed by atoms with E-state index in [-0.39, 0.29) is 12.1 Å². The maximum Gasteiger partial charge on any atom is 0.573 e. The molecule has 0 bridgehead atoms. The van der Waals surface area contributed by atoms with Gasteiger partial charge in [-0.2, -0.15) is 11.3 Å². The van der Waals surface area contributed by atoms with Crippen LogP contribution in [-0.4, -0.2) is 24.8 Å². The summed E-state index contributed by atoms with van der Waals surface area (Å²) in [6.07, 6.45) is -2.10. The Kier molecular flexibility index (Phi) is 6.79. The molecule has 9 heteroatoms. The Balaban J connectivity index is 1.79. The second-order valence-electron chi connectivity index (χ2n) is 4.93. The fraction of sp³-hybridized carbons (Fsp3) is 0.176. The highest BCUT2D eigenvalue weighted by molar-refractivity contribution is 7.08. The first-order valence-electron chi connectivity index (χ1n) is 7.31. The molecule has 0 saturated carbocycles. The quantitative estimate of drug-likeness (QED) is 0.585. The zero-order chi connectivity index (χ0) is 19.0. The summed E-state index contributed by atoms with van der Waals surface area (Å²) in [5, 5.41) is 6.04. The van der Waals surface area contributed by atoms with Gasteiger partial charge in [0.05, 0.1) is 0 Å². The van der Waals surface area contributed by atoms with Crippen molar-refractivity contribution in [2.24, 2.45) is 0 Å². The van der Waals surface area contributed by atoms with Crippen LogP contribution in [0.15, 0.2) is 47.2 Å². The minimum atomic E-state index is -4.83. The summed E-state index contributed by atoms with van der Waals surface area (Å²) < 4.78 is 45.6. The lowest BCUT2D eigenvalue weighted by atomic mass is 10.2. The van der Waals surface area contributed by atoms with Gasteiger partial charge in [0.15, 0.2) is 6.61 Å². The van der Waals surface area contributed by atoms with E-state index in [1.165, 1.54) is 35.6 Å². The van der Waals surface area contributed by atoms with Crippen LogP contribution in [0.4, 0.5) is 13.2 Å². The van der Waals surface area contributed by atoms with Gasteiger partial charge in [0.25, 0.3) is 5.91 Å². The van der Waals surface area contributed by atoms with Gasteiger partial charge < -0.3 is 14.8 Å². The van der Waals surface area contributed by atoms with Crippen molar-refractivity contribution in [1.29, 1.82) is 0 Å². The molecule has 0 atom stereocenters. The van der Waals surface area contributed by atoms with E-state index in [0.29, 0.717) is 0 Å². The number of hydrogen-bond donors (Lipinski definition) is 1. The number of carbonyl (C=O) groups is 2. The van der Waals surface area contributed by atoms with Gasteiger partial charge in [-0.05, 0) is 34.5 Å². The number of nitrogens with one attached hydrogen (secondary N) is 1. The normalized spacial score (nSPS) is 11.3. The Morgan fingerprint density at radius 2 is 1.96 bits per heavy atom. The van der Waals surface area contributed by atoms with Gasteiger partial charge in [0.1, 0.15) is 5.75 Å². The number of amides is 1. The molecule has 0 aliphatic heterocycles. The van der Waals surface area contributed by atoms with E-state index >= 15 is 0 Å². The summed E-state index contributed by atoms with van der Waals surface area (Å²) in [5.74, 6) is -1.76. The molecule has 2 rings (SSSR count). The fourth-order valence-corrected chi connectivity index (χ4v) is 2.47. The average Bonchev–Trinajstić information content (AvgIpc) is 3.09. The average molecular weight is 385 g/mol. The van der Waals surface area contributed by atoms with Crippen LogP contribution in [0.1, 0.15) is 11.1 Å². The molecule has 0 aliphatic carbocycles. The highest BCUT2D eigenvalue weighted by atomic mass is 32.1. The zero-order valence-corrected chi connectivity index (χ0v) is 14.1. The Morgan fingerprint density at radius 1 is 1.19 bits per heavy atom. The van der Waals surface area contributed by atoms with E-state index in [4.69, 9.17) is 4.74 Å². The molecular formula is C17H14F3NO4S. The minimum absolute atomic E-state index is 0.141. The van der Waals surface area contributed by atoms with Crippen molar-refractivity contribution < 1.29 is 32.2 Å². The third-order valence-electron chi connectivity index (χ3n) is 2.97. The van der Waals surface area contributed by atoms with E-state index in [2.05, 4.69) is 10.1 Å². The summed E-state index contributed by atoms with van der Waals surface area (Å²) in [5.41, 5.74) is 0.972. The minimum Gasteiger partial charge on any atom is -0.452 e. The van der Waals surface area contributed by atoms with Gasteiger partial charge >= 0.3 is 12.3 Å². The number of rotatable bonds is 7. The second kappa shape index (κ2) is 9.04. The number of alkyl halides is 3. The highest BCUT2D eigenvalue weighted by Crippen LogP contribution is 2.26. The number of carbonyl (C=O) groups excluding carboxylic acids is 2. The molecule has 1 aromatic carbocycles. The first-order valence-corrected chi connectivity index (χ1v) is 8.25. The third-order valence-corrected chi connectivity index (χ3v) is 3.68. The van der Waals surface area contributed by atoms with Gasteiger partial charge in [-0.25, -0.2) is 4.79 Å². The molecule has 0 radical (unpaired) electrons. The zero-order valence-electron chi connectivity index (χ0n) is 13.3. The van der Waals surface area contributed by atoms with Gasteiger partial charge in [0, 0.05) is 18.2 Å². The lowest BCUT2D eigenvalue weighted by Crippen LogP contribution is -2.28. The van der Waals surface area contributed by atoms with Crippen LogP contribution in [0.25, 0.3) is 6.08 Å².